The molecule has 3 aliphatic rings. The third kappa shape index (κ3) is 3.39. The predicted octanol–water partition coefficient (Wildman–Crippen LogP) is 0.596. The van der Waals surface area contributed by atoms with Crippen LogP contribution in [0.3, 0.4) is 0 Å². The van der Waals surface area contributed by atoms with Gasteiger partial charge in [0.15, 0.2) is 0 Å². The van der Waals surface area contributed by atoms with Gasteiger partial charge in [-0.2, -0.15) is 0 Å². The van der Waals surface area contributed by atoms with Crippen molar-refractivity contribution in [3.05, 3.63) is 34.3 Å². The second-order valence-corrected chi connectivity index (χ2v) is 6.77. The number of nitrogens with one attached hydrogen (secondary N) is 1. The molecule has 4 N–H and O–H groups in total. The summed E-state index contributed by atoms with van der Waals surface area (Å²) in [6.45, 7) is 1.57. The Kier molecular flexibility index (Phi) is 4.38. The molecule has 8 heteroatoms. The average Bonchev–Trinajstić information content (AvgIpc) is 3.05. The quantitative estimate of drug-likeness (QED) is 0.647. The van der Waals surface area contributed by atoms with Gasteiger partial charge in [0.25, 0.3) is 11.1 Å². The summed E-state index contributed by atoms with van der Waals surface area (Å²) in [4.78, 5) is 36.8. The molecule has 3 rings (SSSR count). The number of carbonyl (C=O) groups is 3. The van der Waals surface area contributed by atoms with Crippen molar-refractivity contribution < 1.29 is 19.5 Å². The highest BCUT2D eigenvalue weighted by Crippen LogP contribution is 2.31. The predicted molar refractivity (Wildman–Crippen MR) is 85.6 cm³/mol. The van der Waals surface area contributed by atoms with E-state index in [-0.39, 0.29) is 17.7 Å². The first kappa shape index (κ1) is 16.0. The number of carboxylic acid groups (broad SMARTS) is 1. The molecule has 2 heterocycles. The van der Waals surface area contributed by atoms with Gasteiger partial charge >= 0.3 is 5.97 Å². The number of nitrogens with two attached hydrogens (primary N) is 1. The van der Waals surface area contributed by atoms with Gasteiger partial charge in [0.05, 0.1) is 10.5 Å². The summed E-state index contributed by atoms with van der Waals surface area (Å²) in [7, 11) is 0. The maximum absolute atomic E-state index is 11.7. The topological polar surface area (TPSA) is 113 Å². The third-order valence-corrected chi connectivity index (χ3v) is 4.96. The van der Waals surface area contributed by atoms with Gasteiger partial charge in [-0.05, 0) is 42.3 Å². The molecule has 2 aliphatic heterocycles. The Morgan fingerprint density at radius 3 is 2.83 bits per heavy atom. The lowest BCUT2D eigenvalue weighted by Crippen LogP contribution is -2.37. The number of aliphatic carboxylic acids is 1. The summed E-state index contributed by atoms with van der Waals surface area (Å²) in [5.41, 5.74) is 6.89. The lowest BCUT2D eigenvalue weighted by Gasteiger charge is -2.30. The Morgan fingerprint density at radius 2 is 2.26 bits per heavy atom. The van der Waals surface area contributed by atoms with Crippen LogP contribution in [0.2, 0.25) is 0 Å². The minimum Gasteiger partial charge on any atom is -0.478 e. The molecule has 2 fully saturated rings. The highest BCUT2D eigenvalue weighted by molar-refractivity contribution is 8.18. The van der Waals surface area contributed by atoms with Crippen LogP contribution in [0, 0.1) is 0 Å². The fourth-order valence-electron chi connectivity index (χ4n) is 3.03. The van der Waals surface area contributed by atoms with Gasteiger partial charge in [0, 0.05) is 25.2 Å². The first-order valence-corrected chi connectivity index (χ1v) is 8.15. The zero-order valence-corrected chi connectivity index (χ0v) is 13.1. The second kappa shape index (κ2) is 6.31. The van der Waals surface area contributed by atoms with Crippen molar-refractivity contribution in [2.45, 2.75) is 24.9 Å². The van der Waals surface area contributed by atoms with Crippen molar-refractivity contribution in [3.8, 4) is 0 Å². The second-order valence-electron chi connectivity index (χ2n) is 5.76. The van der Waals surface area contributed by atoms with Crippen LogP contribution in [0.1, 0.15) is 12.8 Å². The number of nitrogens with zero attached hydrogens (tertiary/aromatic N) is 1. The highest BCUT2D eigenvalue weighted by Gasteiger charge is 2.32. The van der Waals surface area contributed by atoms with E-state index in [1.54, 1.807) is 18.2 Å². The first-order chi connectivity index (χ1) is 10.9. The number of thioether (sulfide) groups is 1. The SMILES string of the molecule is NC1CCN(C2CC=C(C(=O)O)C=C2C=C2SC(=O)NC2=O)C1. The molecule has 0 bridgehead atoms. The third-order valence-electron chi connectivity index (χ3n) is 4.15. The van der Waals surface area contributed by atoms with Crippen molar-refractivity contribution in [1.29, 1.82) is 0 Å². The van der Waals surface area contributed by atoms with Gasteiger partial charge < -0.3 is 10.8 Å². The molecule has 0 saturated carbocycles. The molecule has 0 aromatic rings. The number of rotatable bonds is 3. The van der Waals surface area contributed by atoms with Crippen LogP contribution in [0.5, 0.6) is 0 Å². The molecule has 0 spiro atoms. The summed E-state index contributed by atoms with van der Waals surface area (Å²) >= 11 is 0.833. The Balaban J connectivity index is 1.90. The van der Waals surface area contributed by atoms with Crippen LogP contribution < -0.4 is 11.1 Å². The number of hydrogen-bond donors (Lipinski definition) is 3. The van der Waals surface area contributed by atoms with Gasteiger partial charge in [-0.15, -0.1) is 0 Å². The Morgan fingerprint density at radius 1 is 1.48 bits per heavy atom. The molecule has 1 aliphatic carbocycles. The summed E-state index contributed by atoms with van der Waals surface area (Å²) in [5, 5.41) is 11.0. The minimum absolute atomic E-state index is 0.0248. The maximum atomic E-state index is 11.7. The average molecular weight is 335 g/mol. The van der Waals surface area contributed by atoms with Crippen LogP contribution in [0.25, 0.3) is 0 Å². The van der Waals surface area contributed by atoms with Crippen molar-refractivity contribution in [2.75, 3.05) is 13.1 Å². The van der Waals surface area contributed by atoms with Gasteiger partial charge in [0.2, 0.25) is 0 Å². The molecule has 0 aromatic heterocycles. The standard InChI is InChI=1S/C15H17N3O4S/c16-10-3-4-18(7-10)11-2-1-8(14(20)21)5-9(11)6-12-13(19)17-15(22)23-12/h1,5-6,10-11H,2-4,7,16H2,(H,20,21)(H,17,19,22). The van der Waals surface area contributed by atoms with Crippen LogP contribution in [-0.4, -0.2) is 52.3 Å². The first-order valence-electron chi connectivity index (χ1n) is 7.33. The Hall–Kier alpha value is -1.90. The lowest BCUT2D eigenvalue weighted by atomic mass is 9.92. The van der Waals surface area contributed by atoms with Gasteiger partial charge in [-0.25, -0.2) is 4.79 Å². The van der Waals surface area contributed by atoms with Crippen molar-refractivity contribution >= 4 is 28.9 Å². The maximum Gasteiger partial charge on any atom is 0.335 e. The monoisotopic (exact) mass is 335 g/mol. The minimum atomic E-state index is -1.00. The summed E-state index contributed by atoms with van der Waals surface area (Å²) in [5.74, 6) is -1.44. The van der Waals surface area contributed by atoms with Crippen LogP contribution >= 0.6 is 11.8 Å². The molecule has 0 aromatic carbocycles. The molecule has 2 amide bonds. The van der Waals surface area contributed by atoms with Crippen LogP contribution in [-0.2, 0) is 9.59 Å². The van der Waals surface area contributed by atoms with E-state index >= 15 is 0 Å². The normalized spacial score (nSPS) is 30.4. The molecular weight excluding hydrogens is 318 g/mol. The zero-order valence-electron chi connectivity index (χ0n) is 12.3. The molecule has 2 atom stereocenters. The molecule has 7 nitrogen and oxygen atoms in total. The fraction of sp³-hybridized carbons (Fsp3) is 0.400. The molecule has 2 unspecified atom stereocenters. The number of imide groups is 1. The summed E-state index contributed by atoms with van der Waals surface area (Å²) in [6.07, 6.45) is 6.32. The van der Waals surface area contributed by atoms with Crippen molar-refractivity contribution in [2.24, 2.45) is 5.73 Å². The van der Waals surface area contributed by atoms with Crippen LogP contribution in [0.4, 0.5) is 4.79 Å². The van der Waals surface area contributed by atoms with Gasteiger partial charge in [-0.3, -0.25) is 19.8 Å². The van der Waals surface area contributed by atoms with Gasteiger partial charge in [0.1, 0.15) is 0 Å². The zero-order chi connectivity index (χ0) is 16.6. The summed E-state index contributed by atoms with van der Waals surface area (Å²) < 4.78 is 0. The van der Waals surface area contributed by atoms with E-state index in [1.807, 2.05) is 0 Å². The fourth-order valence-corrected chi connectivity index (χ4v) is 3.71. The smallest absolute Gasteiger partial charge is 0.335 e. The molecule has 2 saturated heterocycles. The number of amides is 2. The van der Waals surface area contributed by atoms with E-state index < -0.39 is 17.1 Å². The van der Waals surface area contributed by atoms with E-state index in [0.717, 1.165) is 36.8 Å². The molecule has 23 heavy (non-hydrogen) atoms. The van der Waals surface area contributed by atoms with E-state index in [4.69, 9.17) is 5.73 Å². The van der Waals surface area contributed by atoms with E-state index in [1.165, 1.54) is 0 Å². The number of carbonyl (C=O) groups excluding carboxylic acids is 2. The lowest BCUT2D eigenvalue weighted by molar-refractivity contribution is -0.132. The Labute approximate surface area is 137 Å². The highest BCUT2D eigenvalue weighted by atomic mass is 32.2. The molecule has 122 valence electrons. The molecule has 0 radical (unpaired) electrons. The largest absolute Gasteiger partial charge is 0.478 e. The number of carboxylic acids is 1. The van der Waals surface area contributed by atoms with Crippen LogP contribution in [0.15, 0.2) is 34.3 Å². The van der Waals surface area contributed by atoms with E-state index in [9.17, 15) is 19.5 Å². The van der Waals surface area contributed by atoms with Crippen molar-refractivity contribution in [1.82, 2.24) is 10.2 Å². The summed E-state index contributed by atoms with van der Waals surface area (Å²) in [6, 6.07) is 0.0859. The number of hydrogen-bond acceptors (Lipinski definition) is 6. The van der Waals surface area contributed by atoms with E-state index in [0.29, 0.717) is 11.3 Å². The molecular formula is C15H17N3O4S. The van der Waals surface area contributed by atoms with Crippen molar-refractivity contribution in [3.63, 3.8) is 0 Å². The van der Waals surface area contributed by atoms with Gasteiger partial charge in [-0.1, -0.05) is 6.08 Å². The van der Waals surface area contributed by atoms with E-state index in [2.05, 4.69) is 10.2 Å². The Bertz CT molecular complexity index is 668. The number of likely N-dealkylation sites (tertiary alicyclic amines) is 1.